The fourth-order valence-electron chi connectivity index (χ4n) is 5.49. The van der Waals surface area contributed by atoms with Gasteiger partial charge in [0.1, 0.15) is 22.1 Å². The van der Waals surface area contributed by atoms with Crippen LogP contribution in [0, 0.1) is 0 Å². The largest absolute Gasteiger partial charge is 0.359 e. The number of nitrogens with zero attached hydrogens (tertiary/aromatic N) is 6. The van der Waals surface area contributed by atoms with Crippen LogP contribution in [0.1, 0.15) is 42.5 Å². The summed E-state index contributed by atoms with van der Waals surface area (Å²) in [4.78, 5) is 12.1. The summed E-state index contributed by atoms with van der Waals surface area (Å²) >= 11 is 8.41. The summed E-state index contributed by atoms with van der Waals surface area (Å²) in [6.07, 6.45) is 13.6. The Labute approximate surface area is 260 Å². The van der Waals surface area contributed by atoms with E-state index in [0.717, 1.165) is 46.7 Å². The number of ether oxygens (including phenoxy) is 2. The van der Waals surface area contributed by atoms with E-state index in [1.54, 1.807) is 44.8 Å². The zero-order valence-electron chi connectivity index (χ0n) is 24.7. The number of allylic oxidation sites excluding steroid dienone is 3. The van der Waals surface area contributed by atoms with E-state index in [1.165, 1.54) is 15.3 Å². The van der Waals surface area contributed by atoms with Crippen molar-refractivity contribution in [2.75, 3.05) is 34.5 Å². The van der Waals surface area contributed by atoms with Crippen molar-refractivity contribution in [1.82, 2.24) is 28.6 Å². The first-order valence-corrected chi connectivity index (χ1v) is 16.8. The van der Waals surface area contributed by atoms with E-state index in [2.05, 4.69) is 20.0 Å². The van der Waals surface area contributed by atoms with Crippen molar-refractivity contribution in [2.24, 2.45) is 0 Å². The molecule has 1 saturated carbocycles. The standard InChI is InChI=1S/C30H35ClN6O4S2/c1-29(11-8-23(24(31)16-29)26-18-33-28(42-26)30(9-6-10-30)41-20-40-4)43(38,39)37-25(15-21-7-5-12-32-27(21)37)22-17-34-36(19-22)14-13-35(2)3/h5,7-8,12,15-19H,6,9-11,13-14,20H2,1-4H3. The first-order valence-electron chi connectivity index (χ1n) is 14.1. The third-order valence-electron chi connectivity index (χ3n) is 8.23. The molecule has 0 aromatic carbocycles. The monoisotopic (exact) mass is 642 g/mol. The second-order valence-corrected chi connectivity index (χ2v) is 15.3. The van der Waals surface area contributed by atoms with Gasteiger partial charge in [0.05, 0.1) is 23.3 Å². The van der Waals surface area contributed by atoms with Gasteiger partial charge in [0.15, 0.2) is 5.65 Å². The van der Waals surface area contributed by atoms with Gasteiger partial charge >= 0.3 is 0 Å². The molecule has 4 aromatic rings. The van der Waals surface area contributed by atoms with Gasteiger partial charge in [0, 0.05) is 53.8 Å². The Morgan fingerprint density at radius 2 is 2.02 bits per heavy atom. The van der Waals surface area contributed by atoms with Gasteiger partial charge in [-0.05, 0) is 71.0 Å². The molecule has 2 aliphatic carbocycles. The maximum Gasteiger partial charge on any atom is 0.250 e. The van der Waals surface area contributed by atoms with Gasteiger partial charge in [-0.1, -0.05) is 17.7 Å². The number of aromatic nitrogens is 5. The highest BCUT2D eigenvalue weighted by molar-refractivity contribution is 7.91. The van der Waals surface area contributed by atoms with Gasteiger partial charge in [-0.2, -0.15) is 5.10 Å². The lowest BCUT2D eigenvalue weighted by Crippen LogP contribution is -2.39. The lowest BCUT2D eigenvalue weighted by molar-refractivity contribution is -0.171. The fourth-order valence-corrected chi connectivity index (χ4v) is 8.98. The molecule has 0 aliphatic heterocycles. The zero-order chi connectivity index (χ0) is 30.4. The van der Waals surface area contributed by atoms with Crippen LogP contribution in [0.25, 0.3) is 27.9 Å². The van der Waals surface area contributed by atoms with Crippen LogP contribution in [0.15, 0.2) is 60.2 Å². The molecule has 0 radical (unpaired) electrons. The van der Waals surface area contributed by atoms with Crippen molar-refractivity contribution in [3.8, 4) is 11.3 Å². The molecule has 43 heavy (non-hydrogen) atoms. The minimum Gasteiger partial charge on any atom is -0.359 e. The van der Waals surface area contributed by atoms with Crippen LogP contribution in [-0.4, -0.2) is 76.3 Å². The third kappa shape index (κ3) is 5.38. The minimum atomic E-state index is -4.04. The molecule has 0 N–H and O–H groups in total. The number of fused-ring (bicyclic) bond motifs is 1. The zero-order valence-corrected chi connectivity index (χ0v) is 27.0. The van der Waals surface area contributed by atoms with E-state index >= 15 is 0 Å². The predicted octanol–water partition coefficient (Wildman–Crippen LogP) is 5.46. The topological polar surface area (TPSA) is 104 Å². The molecule has 13 heteroatoms. The summed E-state index contributed by atoms with van der Waals surface area (Å²) in [5.74, 6) is 0. The molecule has 0 amide bonds. The first kappa shape index (κ1) is 30.2. The molecule has 1 unspecified atom stereocenters. The smallest absolute Gasteiger partial charge is 0.250 e. The predicted molar refractivity (Wildman–Crippen MR) is 169 cm³/mol. The summed E-state index contributed by atoms with van der Waals surface area (Å²) in [7, 11) is 1.56. The van der Waals surface area contributed by atoms with Crippen molar-refractivity contribution >= 4 is 49.6 Å². The van der Waals surface area contributed by atoms with Crippen molar-refractivity contribution < 1.29 is 17.9 Å². The third-order valence-corrected chi connectivity index (χ3v) is 12.1. The molecule has 6 rings (SSSR count). The molecular weight excluding hydrogens is 608 g/mol. The number of pyridine rings is 1. The second-order valence-electron chi connectivity index (χ2n) is 11.6. The summed E-state index contributed by atoms with van der Waals surface area (Å²) in [5.41, 5.74) is 1.93. The highest BCUT2D eigenvalue weighted by atomic mass is 35.5. The van der Waals surface area contributed by atoms with E-state index in [0.29, 0.717) is 28.5 Å². The van der Waals surface area contributed by atoms with Crippen LogP contribution < -0.4 is 0 Å². The number of rotatable bonds is 11. The molecule has 228 valence electrons. The van der Waals surface area contributed by atoms with Crippen LogP contribution in [-0.2, 0) is 31.6 Å². The Morgan fingerprint density at radius 1 is 1.21 bits per heavy atom. The number of hydrogen-bond acceptors (Lipinski definition) is 9. The molecule has 2 aliphatic rings. The van der Waals surface area contributed by atoms with Crippen LogP contribution in [0.2, 0.25) is 0 Å². The van der Waals surface area contributed by atoms with Crippen LogP contribution >= 0.6 is 22.9 Å². The number of methoxy groups -OCH3 is 1. The SMILES string of the molecule is COCOC1(c2ncc(C3=CCC(C)(S(=O)(=O)n4c(-c5cnn(CCN(C)C)c5)cc5cccnc54)C=C3Cl)s2)CCC1. The Kier molecular flexibility index (Phi) is 8.12. The van der Waals surface area contributed by atoms with Gasteiger partial charge in [-0.25, -0.2) is 22.4 Å². The van der Waals surface area contributed by atoms with Crippen molar-refractivity contribution in [1.29, 1.82) is 0 Å². The molecule has 4 heterocycles. The Morgan fingerprint density at radius 3 is 2.72 bits per heavy atom. The highest BCUT2D eigenvalue weighted by Gasteiger charge is 2.45. The summed E-state index contributed by atoms with van der Waals surface area (Å²) in [5, 5.41) is 6.47. The number of likely N-dealkylation sites (N-methyl/N-ethyl adjacent to an activating group) is 1. The first-order chi connectivity index (χ1) is 20.6. The fraction of sp³-hybridized carbons (Fsp3) is 0.433. The molecule has 0 bridgehead atoms. The van der Waals surface area contributed by atoms with Gasteiger partial charge < -0.3 is 14.4 Å². The van der Waals surface area contributed by atoms with E-state index in [-0.39, 0.29) is 13.2 Å². The molecule has 0 spiro atoms. The quantitative estimate of drug-likeness (QED) is 0.199. The molecule has 10 nitrogen and oxygen atoms in total. The van der Waals surface area contributed by atoms with Gasteiger partial charge in [-0.15, -0.1) is 11.3 Å². The van der Waals surface area contributed by atoms with Crippen LogP contribution in [0.3, 0.4) is 0 Å². The van der Waals surface area contributed by atoms with Crippen LogP contribution in [0.4, 0.5) is 0 Å². The van der Waals surface area contributed by atoms with E-state index < -0.39 is 20.4 Å². The molecule has 0 saturated heterocycles. The number of thiazole rings is 1. The summed E-state index contributed by atoms with van der Waals surface area (Å²) < 4.78 is 42.2. The van der Waals surface area contributed by atoms with Crippen molar-refractivity contribution in [3.63, 3.8) is 0 Å². The normalized spacial score (nSPS) is 20.3. The average molecular weight is 643 g/mol. The van der Waals surface area contributed by atoms with Gasteiger partial charge in [0.2, 0.25) is 10.0 Å². The Bertz CT molecular complexity index is 1820. The molecule has 1 fully saturated rings. The van der Waals surface area contributed by atoms with Crippen molar-refractivity contribution in [3.05, 3.63) is 70.1 Å². The van der Waals surface area contributed by atoms with Gasteiger partial charge in [-0.3, -0.25) is 4.68 Å². The molecule has 4 aromatic heterocycles. The average Bonchev–Trinajstić information content (AvgIpc) is 3.70. The maximum atomic E-state index is 14.6. The highest BCUT2D eigenvalue weighted by Crippen LogP contribution is 2.48. The number of hydrogen-bond donors (Lipinski definition) is 0. The number of halogens is 1. The Balaban J connectivity index is 1.34. The molecule has 1 atom stereocenters. The van der Waals surface area contributed by atoms with Crippen molar-refractivity contribution in [2.45, 2.75) is 49.5 Å². The van der Waals surface area contributed by atoms with E-state index in [9.17, 15) is 8.42 Å². The lowest BCUT2D eigenvalue weighted by atomic mass is 9.80. The van der Waals surface area contributed by atoms with E-state index in [1.807, 2.05) is 43.2 Å². The molecular formula is C30H35ClN6O4S2. The summed E-state index contributed by atoms with van der Waals surface area (Å²) in [6.45, 7) is 3.40. The van der Waals surface area contributed by atoms with Crippen LogP contribution in [0.5, 0.6) is 0 Å². The maximum absolute atomic E-state index is 14.6. The van der Waals surface area contributed by atoms with Gasteiger partial charge in [0.25, 0.3) is 0 Å². The minimum absolute atomic E-state index is 0.205. The summed E-state index contributed by atoms with van der Waals surface area (Å²) in [6, 6.07) is 5.52. The lowest BCUT2D eigenvalue weighted by Gasteiger charge is -2.39. The second kappa shape index (κ2) is 11.6. The van der Waals surface area contributed by atoms with E-state index in [4.69, 9.17) is 21.1 Å². The Hall–Kier alpha value is -2.87.